The van der Waals surface area contributed by atoms with Crippen LogP contribution in [-0.4, -0.2) is 33.0 Å². The Hall–Kier alpha value is -1.60. The van der Waals surface area contributed by atoms with Crippen molar-refractivity contribution in [1.82, 2.24) is 10.0 Å². The van der Waals surface area contributed by atoms with Crippen molar-refractivity contribution in [2.45, 2.75) is 58.1 Å². The average Bonchev–Trinajstić information content (AvgIpc) is 2.52. The normalized spacial score (nSPS) is 14.2. The molecule has 0 bridgehead atoms. The van der Waals surface area contributed by atoms with Crippen molar-refractivity contribution < 1.29 is 17.9 Å². The van der Waals surface area contributed by atoms with Gasteiger partial charge in [0, 0.05) is 12.6 Å². The van der Waals surface area contributed by atoms with Crippen molar-refractivity contribution in [3.05, 3.63) is 24.3 Å². The Balaban J connectivity index is 2.69. The Bertz CT molecular complexity index is 626. The number of carbonyl (C=O) groups excluding carboxylic acids is 1. The zero-order valence-electron chi connectivity index (χ0n) is 15.0. The Morgan fingerprint density at radius 1 is 1.12 bits per heavy atom. The lowest BCUT2D eigenvalue weighted by Gasteiger charge is -2.16. The summed E-state index contributed by atoms with van der Waals surface area (Å²) in [5, 5.41) is 2.80. The van der Waals surface area contributed by atoms with Crippen LogP contribution in [0.15, 0.2) is 29.2 Å². The topological polar surface area (TPSA) is 84.5 Å². The molecule has 24 heavy (non-hydrogen) atoms. The van der Waals surface area contributed by atoms with Crippen LogP contribution in [0.25, 0.3) is 0 Å². The van der Waals surface area contributed by atoms with Crippen molar-refractivity contribution >= 4 is 15.9 Å². The molecule has 0 saturated heterocycles. The standard InChI is InChI=1S/C17H28N2O4S/c1-6-13(4)19-24(21,22)16-9-7-15(8-10-16)23-14(5)17(20)18-11-12(2)3/h7-10,12-14,19H,6,11H2,1-5H3,(H,18,20)/t13-,14-/m0/s1. The van der Waals surface area contributed by atoms with E-state index in [1.165, 1.54) is 12.1 Å². The van der Waals surface area contributed by atoms with Crippen LogP contribution in [0.1, 0.15) is 41.0 Å². The van der Waals surface area contributed by atoms with Crippen LogP contribution in [0.2, 0.25) is 0 Å². The maximum atomic E-state index is 12.2. The van der Waals surface area contributed by atoms with Crippen LogP contribution in [0.4, 0.5) is 0 Å². The highest BCUT2D eigenvalue weighted by Crippen LogP contribution is 2.17. The number of benzene rings is 1. The van der Waals surface area contributed by atoms with E-state index >= 15 is 0 Å². The Labute approximate surface area is 145 Å². The molecule has 0 unspecified atom stereocenters. The van der Waals surface area contributed by atoms with Crippen LogP contribution in [-0.2, 0) is 14.8 Å². The summed E-state index contributed by atoms with van der Waals surface area (Å²) in [5.74, 6) is 0.618. The summed E-state index contributed by atoms with van der Waals surface area (Å²) in [5.41, 5.74) is 0. The van der Waals surface area contributed by atoms with Gasteiger partial charge in [0.1, 0.15) is 5.75 Å². The minimum absolute atomic E-state index is 0.129. The molecule has 136 valence electrons. The molecule has 2 N–H and O–H groups in total. The molecule has 0 aliphatic rings. The summed E-state index contributed by atoms with van der Waals surface area (Å²) in [6.07, 6.45) is 0.0631. The number of rotatable bonds is 9. The number of ether oxygens (including phenoxy) is 1. The van der Waals surface area contributed by atoms with E-state index < -0.39 is 16.1 Å². The first-order valence-corrected chi connectivity index (χ1v) is 9.70. The summed E-state index contributed by atoms with van der Waals surface area (Å²) in [6, 6.07) is 5.92. The van der Waals surface area contributed by atoms with E-state index in [0.29, 0.717) is 24.6 Å². The zero-order chi connectivity index (χ0) is 18.3. The van der Waals surface area contributed by atoms with Gasteiger partial charge in [0.2, 0.25) is 10.0 Å². The maximum Gasteiger partial charge on any atom is 0.260 e. The van der Waals surface area contributed by atoms with Crippen LogP contribution < -0.4 is 14.8 Å². The fourth-order valence-electron chi connectivity index (χ4n) is 1.82. The third-order valence-electron chi connectivity index (χ3n) is 3.47. The minimum atomic E-state index is -3.54. The van der Waals surface area contributed by atoms with E-state index in [-0.39, 0.29) is 16.8 Å². The fraction of sp³-hybridized carbons (Fsp3) is 0.588. The first kappa shape index (κ1) is 20.4. The molecular weight excluding hydrogens is 328 g/mol. The SMILES string of the molecule is CC[C@H](C)NS(=O)(=O)c1ccc(O[C@@H](C)C(=O)NCC(C)C)cc1. The highest BCUT2D eigenvalue weighted by Gasteiger charge is 2.18. The molecule has 2 atom stereocenters. The van der Waals surface area contributed by atoms with Gasteiger partial charge in [-0.25, -0.2) is 13.1 Å². The molecule has 0 aliphatic heterocycles. The smallest absolute Gasteiger partial charge is 0.260 e. The number of nitrogens with one attached hydrogen (secondary N) is 2. The van der Waals surface area contributed by atoms with Crippen LogP contribution >= 0.6 is 0 Å². The molecule has 0 fully saturated rings. The van der Waals surface area contributed by atoms with Crippen LogP contribution in [0, 0.1) is 5.92 Å². The first-order valence-electron chi connectivity index (χ1n) is 8.22. The predicted molar refractivity (Wildman–Crippen MR) is 94.5 cm³/mol. The second-order valence-corrected chi connectivity index (χ2v) is 8.02. The van der Waals surface area contributed by atoms with Gasteiger partial charge in [-0.3, -0.25) is 4.79 Å². The van der Waals surface area contributed by atoms with E-state index in [4.69, 9.17) is 4.74 Å². The Kier molecular flexibility index (Phi) is 7.69. The predicted octanol–water partition coefficient (Wildman–Crippen LogP) is 2.30. The highest BCUT2D eigenvalue weighted by atomic mass is 32.2. The second kappa shape index (κ2) is 9.03. The number of carbonyl (C=O) groups is 1. The minimum Gasteiger partial charge on any atom is -0.481 e. The molecular formula is C17H28N2O4S. The lowest BCUT2D eigenvalue weighted by Crippen LogP contribution is -2.38. The monoisotopic (exact) mass is 356 g/mol. The molecule has 1 aromatic rings. The molecule has 0 aliphatic carbocycles. The summed E-state index contributed by atoms with van der Waals surface area (Å²) < 4.78 is 32.5. The average molecular weight is 356 g/mol. The lowest BCUT2D eigenvalue weighted by molar-refractivity contribution is -0.127. The van der Waals surface area contributed by atoms with Gasteiger partial charge in [-0.05, 0) is 50.5 Å². The quantitative estimate of drug-likeness (QED) is 0.711. The van der Waals surface area contributed by atoms with Gasteiger partial charge in [0.15, 0.2) is 6.10 Å². The third-order valence-corrected chi connectivity index (χ3v) is 5.07. The van der Waals surface area contributed by atoms with Gasteiger partial charge >= 0.3 is 0 Å². The van der Waals surface area contributed by atoms with Crippen LogP contribution in [0.3, 0.4) is 0 Å². The van der Waals surface area contributed by atoms with Crippen LogP contribution in [0.5, 0.6) is 5.75 Å². The molecule has 0 saturated carbocycles. The largest absolute Gasteiger partial charge is 0.481 e. The molecule has 7 heteroatoms. The molecule has 0 radical (unpaired) electrons. The van der Waals surface area contributed by atoms with E-state index in [0.717, 1.165) is 0 Å². The number of hydrogen-bond donors (Lipinski definition) is 2. The number of amides is 1. The first-order chi connectivity index (χ1) is 11.2. The zero-order valence-corrected chi connectivity index (χ0v) is 15.8. The molecule has 6 nitrogen and oxygen atoms in total. The molecule has 1 amide bonds. The number of hydrogen-bond acceptors (Lipinski definition) is 4. The van der Waals surface area contributed by atoms with Gasteiger partial charge < -0.3 is 10.1 Å². The van der Waals surface area contributed by atoms with Gasteiger partial charge in [-0.15, -0.1) is 0 Å². The van der Waals surface area contributed by atoms with Crippen molar-refractivity contribution in [1.29, 1.82) is 0 Å². The van der Waals surface area contributed by atoms with Crippen molar-refractivity contribution in [3.8, 4) is 5.75 Å². The fourth-order valence-corrected chi connectivity index (χ4v) is 3.15. The lowest BCUT2D eigenvalue weighted by atomic mass is 10.2. The molecule has 0 heterocycles. The van der Waals surface area contributed by atoms with Crippen molar-refractivity contribution in [2.24, 2.45) is 5.92 Å². The van der Waals surface area contributed by atoms with Crippen molar-refractivity contribution in [2.75, 3.05) is 6.54 Å². The van der Waals surface area contributed by atoms with Gasteiger partial charge in [0.25, 0.3) is 5.91 Å². The second-order valence-electron chi connectivity index (χ2n) is 6.30. The van der Waals surface area contributed by atoms with E-state index in [1.807, 2.05) is 27.7 Å². The van der Waals surface area contributed by atoms with Crippen molar-refractivity contribution in [3.63, 3.8) is 0 Å². The van der Waals surface area contributed by atoms with E-state index in [1.54, 1.807) is 19.1 Å². The highest BCUT2D eigenvalue weighted by molar-refractivity contribution is 7.89. The Morgan fingerprint density at radius 3 is 2.21 bits per heavy atom. The summed E-state index contributed by atoms with van der Waals surface area (Å²) >= 11 is 0. The van der Waals surface area contributed by atoms with Gasteiger partial charge in [-0.1, -0.05) is 20.8 Å². The molecule has 1 aromatic carbocycles. The summed E-state index contributed by atoms with van der Waals surface area (Å²) in [6.45, 7) is 9.99. The number of sulfonamides is 1. The molecule has 0 spiro atoms. The van der Waals surface area contributed by atoms with Gasteiger partial charge in [0.05, 0.1) is 4.90 Å². The molecule has 0 aromatic heterocycles. The third kappa shape index (κ3) is 6.49. The molecule has 1 rings (SSSR count). The summed E-state index contributed by atoms with van der Waals surface area (Å²) in [4.78, 5) is 12.1. The van der Waals surface area contributed by atoms with E-state index in [9.17, 15) is 13.2 Å². The summed E-state index contributed by atoms with van der Waals surface area (Å²) in [7, 11) is -3.54. The maximum absolute atomic E-state index is 12.2. The Morgan fingerprint density at radius 2 is 1.71 bits per heavy atom. The van der Waals surface area contributed by atoms with Gasteiger partial charge in [-0.2, -0.15) is 0 Å². The van der Waals surface area contributed by atoms with E-state index in [2.05, 4.69) is 10.0 Å².